The molecule has 0 bridgehead atoms. The van der Waals surface area contributed by atoms with Crippen LogP contribution in [0.2, 0.25) is 0 Å². The minimum atomic E-state index is -0.364. The molecule has 0 amide bonds. The summed E-state index contributed by atoms with van der Waals surface area (Å²) in [6.07, 6.45) is 0. The maximum Gasteiger partial charge on any atom is 0.133 e. The van der Waals surface area contributed by atoms with Crippen LogP contribution in [0.15, 0.2) is 40.9 Å². The zero-order valence-electron chi connectivity index (χ0n) is 12.0. The molecule has 0 saturated heterocycles. The number of rotatable bonds is 5. The fourth-order valence-electron chi connectivity index (χ4n) is 2.06. The van der Waals surface area contributed by atoms with Crippen LogP contribution < -0.4 is 14.2 Å². The third kappa shape index (κ3) is 3.44. The molecule has 1 atom stereocenters. The monoisotopic (exact) mass is 370 g/mol. The number of halogens is 2. The normalized spacial score (nSPS) is 11.9. The summed E-state index contributed by atoms with van der Waals surface area (Å²) < 4.78 is 16.8. The van der Waals surface area contributed by atoms with Gasteiger partial charge in [0.2, 0.25) is 0 Å². The van der Waals surface area contributed by atoms with E-state index in [9.17, 15) is 0 Å². The van der Waals surface area contributed by atoms with Gasteiger partial charge in [-0.2, -0.15) is 0 Å². The Balaban J connectivity index is 2.48. The highest BCUT2D eigenvalue weighted by Crippen LogP contribution is 2.41. The number of ether oxygens (including phenoxy) is 3. The highest BCUT2D eigenvalue weighted by atomic mass is 79.9. The summed E-state index contributed by atoms with van der Waals surface area (Å²) in [5.41, 5.74) is 1.77. The molecular weight excluding hydrogens is 356 g/mol. The zero-order chi connectivity index (χ0) is 15.4. The quantitative estimate of drug-likeness (QED) is 0.706. The van der Waals surface area contributed by atoms with E-state index in [2.05, 4.69) is 15.9 Å². The lowest BCUT2D eigenvalue weighted by Crippen LogP contribution is -1.99. The number of hydrogen-bond acceptors (Lipinski definition) is 3. The second kappa shape index (κ2) is 7.05. The number of hydrogen-bond donors (Lipinski definition) is 0. The maximum atomic E-state index is 6.62. The van der Waals surface area contributed by atoms with Gasteiger partial charge in [-0.15, -0.1) is 11.6 Å². The van der Waals surface area contributed by atoms with Crippen molar-refractivity contribution >= 4 is 27.5 Å². The van der Waals surface area contributed by atoms with Gasteiger partial charge in [-0.1, -0.05) is 12.1 Å². The first-order chi connectivity index (χ1) is 10.1. The molecule has 0 N–H and O–H groups in total. The number of methoxy groups -OCH3 is 3. The molecule has 0 saturated carbocycles. The van der Waals surface area contributed by atoms with Crippen molar-refractivity contribution in [3.8, 4) is 17.2 Å². The largest absolute Gasteiger partial charge is 0.497 e. The molecule has 2 rings (SSSR count). The van der Waals surface area contributed by atoms with Gasteiger partial charge in [0.25, 0.3) is 0 Å². The summed E-state index contributed by atoms with van der Waals surface area (Å²) in [5.74, 6) is 2.17. The van der Waals surface area contributed by atoms with Gasteiger partial charge in [0.1, 0.15) is 17.2 Å². The van der Waals surface area contributed by atoms with Crippen molar-refractivity contribution in [2.75, 3.05) is 21.3 Å². The lowest BCUT2D eigenvalue weighted by atomic mass is 10.0. The molecule has 5 heteroatoms. The van der Waals surface area contributed by atoms with Crippen molar-refractivity contribution in [1.29, 1.82) is 0 Å². The molecule has 2 aromatic rings. The van der Waals surface area contributed by atoms with Gasteiger partial charge in [0, 0.05) is 5.56 Å². The molecule has 0 aliphatic carbocycles. The minimum absolute atomic E-state index is 0.364. The minimum Gasteiger partial charge on any atom is -0.497 e. The topological polar surface area (TPSA) is 27.7 Å². The Hall–Kier alpha value is -1.39. The first-order valence-corrected chi connectivity index (χ1v) is 7.53. The van der Waals surface area contributed by atoms with Crippen molar-refractivity contribution in [3.63, 3.8) is 0 Å². The van der Waals surface area contributed by atoms with E-state index in [4.69, 9.17) is 25.8 Å². The number of benzene rings is 2. The Bertz CT molecular complexity index is 631. The van der Waals surface area contributed by atoms with Crippen LogP contribution in [-0.4, -0.2) is 21.3 Å². The van der Waals surface area contributed by atoms with Gasteiger partial charge in [-0.3, -0.25) is 0 Å². The van der Waals surface area contributed by atoms with Crippen molar-refractivity contribution in [1.82, 2.24) is 0 Å². The predicted octanol–water partition coefficient (Wildman–Crippen LogP) is 4.80. The van der Waals surface area contributed by atoms with Crippen LogP contribution in [0.5, 0.6) is 17.2 Å². The third-order valence-corrected chi connectivity index (χ3v) is 4.27. The summed E-state index contributed by atoms with van der Waals surface area (Å²) in [7, 11) is 4.86. The van der Waals surface area contributed by atoms with E-state index in [1.807, 2.05) is 36.4 Å². The first kappa shape index (κ1) is 16.0. The van der Waals surface area contributed by atoms with E-state index in [0.29, 0.717) is 11.5 Å². The highest BCUT2D eigenvalue weighted by molar-refractivity contribution is 9.10. The maximum absolute atomic E-state index is 6.62. The van der Waals surface area contributed by atoms with Gasteiger partial charge in [0.05, 0.1) is 31.2 Å². The van der Waals surface area contributed by atoms with Gasteiger partial charge >= 0.3 is 0 Å². The van der Waals surface area contributed by atoms with Crippen LogP contribution >= 0.6 is 27.5 Å². The summed E-state index contributed by atoms with van der Waals surface area (Å²) in [5, 5.41) is -0.364. The summed E-state index contributed by atoms with van der Waals surface area (Å²) in [4.78, 5) is 0. The Morgan fingerprint density at radius 1 is 0.952 bits per heavy atom. The second-order valence-corrected chi connectivity index (χ2v) is 5.66. The standard InChI is InChI=1S/C16H16BrClO3/c1-19-11-6-4-5-10(7-11)16(18)12-8-15(21-3)13(17)9-14(12)20-2/h4-9,16H,1-3H3. The molecule has 0 heterocycles. The molecular formula is C16H16BrClO3. The fraction of sp³-hybridized carbons (Fsp3) is 0.250. The highest BCUT2D eigenvalue weighted by Gasteiger charge is 2.19. The van der Waals surface area contributed by atoms with Crippen LogP contribution in [-0.2, 0) is 0 Å². The lowest BCUT2D eigenvalue weighted by Gasteiger charge is -2.17. The molecule has 0 fully saturated rings. The van der Waals surface area contributed by atoms with Crippen molar-refractivity contribution in [3.05, 3.63) is 52.0 Å². The molecule has 0 spiro atoms. The Morgan fingerprint density at radius 3 is 2.29 bits per heavy atom. The molecule has 0 aliphatic rings. The van der Waals surface area contributed by atoms with Crippen molar-refractivity contribution in [2.45, 2.75) is 5.38 Å². The van der Waals surface area contributed by atoms with Crippen molar-refractivity contribution in [2.24, 2.45) is 0 Å². The lowest BCUT2D eigenvalue weighted by molar-refractivity contribution is 0.397. The van der Waals surface area contributed by atoms with Crippen molar-refractivity contribution < 1.29 is 14.2 Å². The molecule has 3 nitrogen and oxygen atoms in total. The van der Waals surface area contributed by atoms with Gasteiger partial charge in [-0.05, 0) is 45.8 Å². The molecule has 0 aromatic heterocycles. The summed E-state index contributed by atoms with van der Waals surface area (Å²) in [6, 6.07) is 11.4. The Morgan fingerprint density at radius 2 is 1.67 bits per heavy atom. The molecule has 21 heavy (non-hydrogen) atoms. The average Bonchev–Trinajstić information content (AvgIpc) is 2.53. The van der Waals surface area contributed by atoms with E-state index < -0.39 is 0 Å². The van der Waals surface area contributed by atoms with Gasteiger partial charge < -0.3 is 14.2 Å². The molecule has 1 unspecified atom stereocenters. The summed E-state index contributed by atoms with van der Waals surface area (Å²) >= 11 is 10.1. The molecule has 0 aliphatic heterocycles. The molecule has 2 aromatic carbocycles. The molecule has 0 radical (unpaired) electrons. The number of alkyl halides is 1. The zero-order valence-corrected chi connectivity index (χ0v) is 14.4. The van der Waals surface area contributed by atoms with Crippen LogP contribution in [0.25, 0.3) is 0 Å². The van der Waals surface area contributed by atoms with Crippen LogP contribution in [0, 0.1) is 0 Å². The van der Waals surface area contributed by atoms with E-state index in [1.54, 1.807) is 21.3 Å². The van der Waals surface area contributed by atoms with Crippen LogP contribution in [0.4, 0.5) is 0 Å². The fourth-order valence-corrected chi connectivity index (χ4v) is 2.85. The van der Waals surface area contributed by atoms with Gasteiger partial charge in [-0.25, -0.2) is 0 Å². The van der Waals surface area contributed by atoms with E-state index in [0.717, 1.165) is 21.3 Å². The van der Waals surface area contributed by atoms with Crippen LogP contribution in [0.1, 0.15) is 16.5 Å². The second-order valence-electron chi connectivity index (χ2n) is 4.37. The Kier molecular flexibility index (Phi) is 5.37. The van der Waals surface area contributed by atoms with E-state index in [1.165, 1.54) is 0 Å². The van der Waals surface area contributed by atoms with E-state index in [-0.39, 0.29) is 5.38 Å². The average molecular weight is 372 g/mol. The summed E-state index contributed by atoms with van der Waals surface area (Å²) in [6.45, 7) is 0. The molecule has 112 valence electrons. The predicted molar refractivity (Wildman–Crippen MR) is 87.9 cm³/mol. The third-order valence-electron chi connectivity index (χ3n) is 3.16. The van der Waals surface area contributed by atoms with E-state index >= 15 is 0 Å². The smallest absolute Gasteiger partial charge is 0.133 e. The first-order valence-electron chi connectivity index (χ1n) is 6.30. The SMILES string of the molecule is COc1cccc(C(Cl)c2cc(OC)c(Br)cc2OC)c1. The van der Waals surface area contributed by atoms with Crippen LogP contribution in [0.3, 0.4) is 0 Å². The van der Waals surface area contributed by atoms with Gasteiger partial charge in [0.15, 0.2) is 0 Å². The Labute approximate surface area is 137 Å².